The number of carbonyl (C=O) groups excluding carboxylic acids is 1. The van der Waals surface area contributed by atoms with E-state index in [-0.39, 0.29) is 11.6 Å². The van der Waals surface area contributed by atoms with E-state index in [2.05, 4.69) is 20.3 Å². The number of nitrogens with two attached hydrogens (primary N) is 1. The first kappa shape index (κ1) is 10.0. The van der Waals surface area contributed by atoms with Crippen molar-refractivity contribution < 1.29 is 4.79 Å². The molecule has 2 aromatic heterocycles. The van der Waals surface area contributed by atoms with Crippen LogP contribution in [-0.4, -0.2) is 20.9 Å². The molecule has 0 saturated heterocycles. The van der Waals surface area contributed by atoms with Gasteiger partial charge in [-0.1, -0.05) is 6.07 Å². The van der Waals surface area contributed by atoms with Crippen molar-refractivity contribution in [1.82, 2.24) is 15.0 Å². The van der Waals surface area contributed by atoms with Gasteiger partial charge in [-0.3, -0.25) is 4.79 Å². The van der Waals surface area contributed by atoms with Crippen molar-refractivity contribution in [1.29, 1.82) is 0 Å². The summed E-state index contributed by atoms with van der Waals surface area (Å²) in [5.41, 5.74) is 5.26. The summed E-state index contributed by atoms with van der Waals surface area (Å²) in [6.45, 7) is 0. The number of nitrogens with one attached hydrogen (secondary N) is 1. The number of hydrogen-bond donors (Lipinski definition) is 2. The van der Waals surface area contributed by atoms with Crippen LogP contribution < -0.4 is 11.1 Å². The first-order valence-corrected chi connectivity index (χ1v) is 4.56. The molecule has 2 rings (SSSR count). The molecule has 1 amide bonds. The van der Waals surface area contributed by atoms with Gasteiger partial charge in [0, 0.05) is 12.4 Å². The molecule has 0 unspecified atom stereocenters. The zero-order valence-electron chi connectivity index (χ0n) is 8.29. The van der Waals surface area contributed by atoms with Crippen molar-refractivity contribution >= 4 is 17.7 Å². The molecule has 80 valence electrons. The van der Waals surface area contributed by atoms with E-state index >= 15 is 0 Å². The minimum absolute atomic E-state index is 0.161. The Morgan fingerprint density at radius 3 is 2.75 bits per heavy atom. The average molecular weight is 215 g/mol. The van der Waals surface area contributed by atoms with Gasteiger partial charge in [-0.05, 0) is 18.2 Å². The van der Waals surface area contributed by atoms with Crippen molar-refractivity contribution in [3.05, 3.63) is 42.4 Å². The lowest BCUT2D eigenvalue weighted by atomic mass is 10.4. The van der Waals surface area contributed by atoms with Gasteiger partial charge in [0.25, 0.3) is 5.91 Å². The molecular formula is C10H9N5O. The first-order chi connectivity index (χ1) is 7.75. The molecule has 16 heavy (non-hydrogen) atoms. The Kier molecular flexibility index (Phi) is 2.73. The Bertz CT molecular complexity index is 500. The number of anilines is 2. The highest BCUT2D eigenvalue weighted by atomic mass is 16.1. The number of aromatic nitrogens is 3. The maximum atomic E-state index is 10.9. The standard InChI is InChI=1S/C10H9N5O/c11-9(16)7-4-6-13-10(14-7)15-8-3-1-2-5-12-8/h1-6H,(H2,11,16)(H,12,13,14,15). The van der Waals surface area contributed by atoms with Crippen molar-refractivity contribution in [2.45, 2.75) is 0 Å². The lowest BCUT2D eigenvalue weighted by Gasteiger charge is -2.03. The van der Waals surface area contributed by atoms with Crippen molar-refractivity contribution in [3.8, 4) is 0 Å². The molecule has 0 bridgehead atoms. The molecule has 2 aromatic rings. The molecule has 0 atom stereocenters. The quantitative estimate of drug-likeness (QED) is 0.786. The van der Waals surface area contributed by atoms with Gasteiger partial charge in [0.15, 0.2) is 0 Å². The second-order valence-electron chi connectivity index (χ2n) is 2.97. The molecule has 0 fully saturated rings. The fourth-order valence-electron chi connectivity index (χ4n) is 1.11. The summed E-state index contributed by atoms with van der Waals surface area (Å²) in [6, 6.07) is 6.84. The van der Waals surface area contributed by atoms with Crippen LogP contribution in [0.1, 0.15) is 10.5 Å². The molecule has 6 heteroatoms. The number of rotatable bonds is 3. The van der Waals surface area contributed by atoms with E-state index in [0.717, 1.165) is 0 Å². The van der Waals surface area contributed by atoms with E-state index in [9.17, 15) is 4.79 Å². The van der Waals surface area contributed by atoms with E-state index in [4.69, 9.17) is 5.73 Å². The van der Waals surface area contributed by atoms with Crippen molar-refractivity contribution in [2.75, 3.05) is 5.32 Å². The van der Waals surface area contributed by atoms with Crippen LogP contribution in [0.2, 0.25) is 0 Å². The second kappa shape index (κ2) is 4.35. The molecule has 0 saturated carbocycles. The summed E-state index contributed by atoms with van der Waals surface area (Å²) in [6.07, 6.45) is 3.10. The number of hydrogen-bond acceptors (Lipinski definition) is 5. The summed E-state index contributed by atoms with van der Waals surface area (Å²) >= 11 is 0. The van der Waals surface area contributed by atoms with Gasteiger partial charge in [0.05, 0.1) is 0 Å². The molecule has 0 radical (unpaired) electrons. The molecule has 6 nitrogen and oxygen atoms in total. The molecule has 0 aromatic carbocycles. The summed E-state index contributed by atoms with van der Waals surface area (Å²) in [7, 11) is 0. The summed E-state index contributed by atoms with van der Waals surface area (Å²) < 4.78 is 0. The number of pyridine rings is 1. The minimum Gasteiger partial charge on any atom is -0.364 e. The summed E-state index contributed by atoms with van der Waals surface area (Å²) in [4.78, 5) is 22.8. The fraction of sp³-hybridized carbons (Fsp3) is 0. The van der Waals surface area contributed by atoms with Crippen LogP contribution in [0.5, 0.6) is 0 Å². The van der Waals surface area contributed by atoms with Crippen molar-refractivity contribution in [2.24, 2.45) is 5.73 Å². The largest absolute Gasteiger partial charge is 0.364 e. The summed E-state index contributed by atoms with van der Waals surface area (Å²) in [5, 5.41) is 2.86. The maximum Gasteiger partial charge on any atom is 0.267 e. The van der Waals surface area contributed by atoms with Gasteiger partial charge < -0.3 is 11.1 Å². The Hall–Kier alpha value is -2.50. The van der Waals surface area contributed by atoms with Crippen LogP contribution in [0, 0.1) is 0 Å². The zero-order valence-corrected chi connectivity index (χ0v) is 8.29. The Balaban J connectivity index is 2.22. The molecule has 0 aliphatic rings. The Morgan fingerprint density at radius 1 is 1.19 bits per heavy atom. The SMILES string of the molecule is NC(=O)c1ccnc(Nc2ccccn2)n1. The average Bonchev–Trinajstić information content (AvgIpc) is 2.30. The van der Waals surface area contributed by atoms with Gasteiger partial charge >= 0.3 is 0 Å². The van der Waals surface area contributed by atoms with E-state index in [1.54, 1.807) is 18.3 Å². The van der Waals surface area contributed by atoms with Crippen LogP contribution in [0.25, 0.3) is 0 Å². The van der Waals surface area contributed by atoms with Gasteiger partial charge in [-0.2, -0.15) is 0 Å². The van der Waals surface area contributed by atoms with E-state index < -0.39 is 5.91 Å². The highest BCUT2D eigenvalue weighted by Gasteiger charge is 2.04. The van der Waals surface area contributed by atoms with Gasteiger partial charge in [0.2, 0.25) is 5.95 Å². The fourth-order valence-corrected chi connectivity index (χ4v) is 1.11. The van der Waals surface area contributed by atoms with E-state index in [1.165, 1.54) is 12.3 Å². The van der Waals surface area contributed by atoms with Crippen LogP contribution in [0.4, 0.5) is 11.8 Å². The van der Waals surface area contributed by atoms with Crippen LogP contribution in [0.3, 0.4) is 0 Å². The third-order valence-electron chi connectivity index (χ3n) is 1.81. The zero-order chi connectivity index (χ0) is 11.4. The highest BCUT2D eigenvalue weighted by Crippen LogP contribution is 2.08. The predicted octanol–water partition coefficient (Wildman–Crippen LogP) is 0.714. The smallest absolute Gasteiger partial charge is 0.267 e. The molecule has 3 N–H and O–H groups in total. The van der Waals surface area contributed by atoms with E-state index in [1.807, 2.05) is 6.07 Å². The van der Waals surface area contributed by atoms with Crippen LogP contribution in [0.15, 0.2) is 36.7 Å². The third kappa shape index (κ3) is 2.30. The first-order valence-electron chi connectivity index (χ1n) is 4.56. The number of carbonyl (C=O) groups is 1. The Morgan fingerprint density at radius 2 is 2.06 bits per heavy atom. The lowest BCUT2D eigenvalue weighted by Crippen LogP contribution is -2.14. The lowest BCUT2D eigenvalue weighted by molar-refractivity contribution is 0.0995. The Labute approximate surface area is 91.6 Å². The van der Waals surface area contributed by atoms with E-state index in [0.29, 0.717) is 5.82 Å². The van der Waals surface area contributed by atoms with Gasteiger partial charge in [0.1, 0.15) is 11.5 Å². The van der Waals surface area contributed by atoms with Crippen LogP contribution in [-0.2, 0) is 0 Å². The molecule has 0 aliphatic carbocycles. The highest BCUT2D eigenvalue weighted by molar-refractivity contribution is 5.90. The minimum atomic E-state index is -0.591. The second-order valence-corrected chi connectivity index (χ2v) is 2.97. The molecule has 0 spiro atoms. The number of primary amides is 1. The molecule has 0 aliphatic heterocycles. The van der Waals surface area contributed by atoms with Crippen LogP contribution >= 0.6 is 0 Å². The normalized spacial score (nSPS) is 9.75. The molecule has 2 heterocycles. The van der Waals surface area contributed by atoms with Gasteiger partial charge in [-0.25, -0.2) is 15.0 Å². The van der Waals surface area contributed by atoms with Crippen molar-refractivity contribution in [3.63, 3.8) is 0 Å². The number of nitrogens with zero attached hydrogens (tertiary/aromatic N) is 3. The predicted molar refractivity (Wildman–Crippen MR) is 58.1 cm³/mol. The third-order valence-corrected chi connectivity index (χ3v) is 1.81. The molecular weight excluding hydrogens is 206 g/mol. The monoisotopic (exact) mass is 215 g/mol. The number of amides is 1. The topological polar surface area (TPSA) is 93.8 Å². The summed E-state index contributed by atoms with van der Waals surface area (Å²) in [5.74, 6) is 0.297. The van der Waals surface area contributed by atoms with Gasteiger partial charge in [-0.15, -0.1) is 0 Å². The maximum absolute atomic E-state index is 10.9.